The maximum atomic E-state index is 13.7. The highest BCUT2D eigenvalue weighted by atomic mass is 19.4. The summed E-state index contributed by atoms with van der Waals surface area (Å²) in [6.07, 6.45) is -4.17. The summed E-state index contributed by atoms with van der Waals surface area (Å²) >= 11 is 0. The van der Waals surface area contributed by atoms with Gasteiger partial charge < -0.3 is 20.4 Å². The number of rotatable bonds is 6. The quantitative estimate of drug-likeness (QED) is 0.275. The largest absolute Gasteiger partial charge is 0.480 e. The van der Waals surface area contributed by atoms with Crippen LogP contribution in [0.25, 0.3) is 16.8 Å². The van der Waals surface area contributed by atoms with Crippen molar-refractivity contribution in [2.45, 2.75) is 18.9 Å². The van der Waals surface area contributed by atoms with E-state index in [2.05, 4.69) is 25.4 Å². The Balaban J connectivity index is 1.41. The lowest BCUT2D eigenvalue weighted by Crippen LogP contribution is -2.14. The van der Waals surface area contributed by atoms with Crippen LogP contribution in [0.15, 0.2) is 61.4 Å². The maximum Gasteiger partial charge on any atom is 0.418 e. The zero-order chi connectivity index (χ0) is 29.5. The summed E-state index contributed by atoms with van der Waals surface area (Å²) in [6.45, 7) is 0.176. The summed E-state index contributed by atoms with van der Waals surface area (Å²) in [6, 6.07) is 6.70. The number of hydrogen-bond acceptors (Lipinski definition) is 7. The van der Waals surface area contributed by atoms with Gasteiger partial charge in [-0.25, -0.2) is 19.5 Å². The molecule has 5 rings (SSSR count). The number of imidazole rings is 1. The van der Waals surface area contributed by atoms with Crippen LogP contribution in [0.2, 0.25) is 0 Å². The van der Waals surface area contributed by atoms with Crippen LogP contribution >= 0.6 is 0 Å². The highest BCUT2D eigenvalue weighted by Crippen LogP contribution is 2.39. The summed E-state index contributed by atoms with van der Waals surface area (Å²) in [5.41, 5.74) is 3.92. The van der Waals surface area contributed by atoms with Crippen molar-refractivity contribution in [3.8, 4) is 17.1 Å². The van der Waals surface area contributed by atoms with Gasteiger partial charge in [-0.1, -0.05) is 12.1 Å². The van der Waals surface area contributed by atoms with Crippen molar-refractivity contribution in [2.75, 3.05) is 18.2 Å². The third-order valence-electron chi connectivity index (χ3n) is 5.99. The van der Waals surface area contributed by atoms with Crippen molar-refractivity contribution in [3.05, 3.63) is 83.7 Å². The number of aromatic nitrogens is 6. The van der Waals surface area contributed by atoms with Crippen LogP contribution in [0.3, 0.4) is 0 Å². The molecule has 4 aromatic heterocycles. The summed E-state index contributed by atoms with van der Waals surface area (Å²) in [4.78, 5) is 24.9. The molecule has 4 heterocycles. The minimum atomic E-state index is -4.76. The predicted molar refractivity (Wildman–Crippen MR) is 133 cm³/mol. The van der Waals surface area contributed by atoms with Gasteiger partial charge in [0.1, 0.15) is 17.4 Å². The molecule has 10 nitrogen and oxygen atoms in total. The van der Waals surface area contributed by atoms with Crippen molar-refractivity contribution in [1.29, 1.82) is 0 Å². The van der Waals surface area contributed by atoms with Crippen molar-refractivity contribution in [2.24, 2.45) is 0 Å². The lowest BCUT2D eigenvalue weighted by atomic mass is 10.1. The second-order valence-corrected chi connectivity index (χ2v) is 8.71. The summed E-state index contributed by atoms with van der Waals surface area (Å²) in [5.74, 6) is -1.13. The molecule has 0 aliphatic carbocycles. The second-order valence-electron chi connectivity index (χ2n) is 8.71. The van der Waals surface area contributed by atoms with Gasteiger partial charge in [0.2, 0.25) is 5.88 Å². The summed E-state index contributed by atoms with van der Waals surface area (Å²) in [5, 5.41) is 6.44. The number of hydrogen-bond donors (Lipinski definition) is 2. The van der Waals surface area contributed by atoms with E-state index in [-0.39, 0.29) is 40.9 Å². The van der Waals surface area contributed by atoms with Crippen LogP contribution in [0, 0.1) is 0 Å². The van der Waals surface area contributed by atoms with E-state index in [0.717, 1.165) is 29.0 Å². The zero-order valence-electron chi connectivity index (χ0n) is 20.8. The SMILES string of the molecule is COc1ncc(-c2cc(C(F)(F)F)c3c(N)ncnn23)cc1C(=O)Nc1cn(Cc2ccc(C(F)(F)F)cc2)cn1. The molecule has 1 amide bonds. The average molecular weight is 576 g/mol. The van der Waals surface area contributed by atoms with E-state index in [1.807, 2.05) is 0 Å². The smallest absolute Gasteiger partial charge is 0.418 e. The van der Waals surface area contributed by atoms with Gasteiger partial charge in [-0.2, -0.15) is 31.4 Å². The first-order valence-electron chi connectivity index (χ1n) is 11.6. The van der Waals surface area contributed by atoms with Crippen LogP contribution in [0.5, 0.6) is 5.88 Å². The van der Waals surface area contributed by atoms with Crippen molar-refractivity contribution in [1.82, 2.24) is 29.1 Å². The molecule has 3 N–H and O–H groups in total. The second kappa shape index (κ2) is 10.1. The highest BCUT2D eigenvalue weighted by molar-refractivity contribution is 6.06. The number of nitrogens with two attached hydrogens (primary N) is 1. The Morgan fingerprint density at radius 1 is 1.02 bits per heavy atom. The average Bonchev–Trinajstić information content (AvgIpc) is 3.53. The maximum absolute atomic E-state index is 13.7. The number of fused-ring (bicyclic) bond motifs is 1. The van der Waals surface area contributed by atoms with Gasteiger partial charge in [-0.3, -0.25) is 4.79 Å². The van der Waals surface area contributed by atoms with E-state index in [4.69, 9.17) is 10.5 Å². The normalized spacial score (nSPS) is 12.1. The highest BCUT2D eigenvalue weighted by Gasteiger charge is 2.37. The van der Waals surface area contributed by atoms with E-state index in [1.165, 1.54) is 44.0 Å². The first-order valence-corrected chi connectivity index (χ1v) is 11.6. The molecule has 16 heteroatoms. The molecule has 212 valence electrons. The Morgan fingerprint density at radius 3 is 2.41 bits per heavy atom. The van der Waals surface area contributed by atoms with Crippen LogP contribution in [0.1, 0.15) is 27.0 Å². The Hall–Kier alpha value is -5.15. The Labute approximate surface area is 226 Å². The number of amides is 1. The molecule has 0 saturated heterocycles. The minimum absolute atomic E-state index is 0.0496. The topological polar surface area (TPSA) is 125 Å². The number of anilines is 2. The Morgan fingerprint density at radius 2 is 1.76 bits per heavy atom. The van der Waals surface area contributed by atoms with Crippen molar-refractivity contribution in [3.63, 3.8) is 0 Å². The first kappa shape index (κ1) is 27.4. The van der Waals surface area contributed by atoms with Gasteiger partial charge in [0.25, 0.3) is 5.91 Å². The van der Waals surface area contributed by atoms with Crippen molar-refractivity contribution < 1.29 is 35.9 Å². The molecule has 0 radical (unpaired) electrons. The summed E-state index contributed by atoms with van der Waals surface area (Å²) in [7, 11) is 1.26. The minimum Gasteiger partial charge on any atom is -0.480 e. The molecular formula is C25H18F6N8O2. The molecule has 0 bridgehead atoms. The Bertz CT molecular complexity index is 1740. The van der Waals surface area contributed by atoms with Crippen LogP contribution in [0.4, 0.5) is 38.0 Å². The van der Waals surface area contributed by atoms with Gasteiger partial charge in [0.15, 0.2) is 11.6 Å². The molecule has 0 aliphatic rings. The van der Waals surface area contributed by atoms with Gasteiger partial charge >= 0.3 is 12.4 Å². The van der Waals surface area contributed by atoms with Gasteiger partial charge in [-0.05, 0) is 29.8 Å². The standard InChI is InChI=1S/C25H18F6N8O2/c1-41-23-16(6-14(8-33-23)18-7-17(25(29,30)31)20-21(32)34-11-36-39(18)20)22(40)37-19-10-38(12-35-19)9-13-2-4-15(5-3-13)24(26,27)28/h2-8,10-12H,9H2,1H3,(H,37,40)(H2,32,34,36). The number of benzene rings is 1. The number of alkyl halides is 6. The van der Waals surface area contributed by atoms with Gasteiger partial charge in [-0.15, -0.1) is 0 Å². The fraction of sp³-hybridized carbons (Fsp3) is 0.160. The monoisotopic (exact) mass is 576 g/mol. The molecule has 0 aliphatic heterocycles. The zero-order valence-corrected chi connectivity index (χ0v) is 20.8. The van der Waals surface area contributed by atoms with E-state index >= 15 is 0 Å². The molecule has 0 saturated carbocycles. The number of methoxy groups -OCH3 is 1. The number of ether oxygens (including phenoxy) is 1. The number of carbonyl (C=O) groups is 1. The fourth-order valence-electron chi connectivity index (χ4n) is 4.11. The number of pyridine rings is 1. The lowest BCUT2D eigenvalue weighted by Gasteiger charge is -2.10. The molecule has 0 atom stereocenters. The third kappa shape index (κ3) is 5.48. The number of halogens is 6. The van der Waals surface area contributed by atoms with Gasteiger partial charge in [0, 0.05) is 24.5 Å². The molecule has 5 aromatic rings. The number of carbonyl (C=O) groups excluding carboxylic acids is 1. The van der Waals surface area contributed by atoms with Crippen LogP contribution < -0.4 is 15.8 Å². The fourth-order valence-corrected chi connectivity index (χ4v) is 4.11. The van der Waals surface area contributed by atoms with Gasteiger partial charge in [0.05, 0.1) is 30.3 Å². The predicted octanol–water partition coefficient (Wildman–Crippen LogP) is 4.92. The third-order valence-corrected chi connectivity index (χ3v) is 5.99. The van der Waals surface area contributed by atoms with E-state index in [0.29, 0.717) is 5.56 Å². The van der Waals surface area contributed by atoms with Crippen molar-refractivity contribution >= 4 is 23.1 Å². The number of nitrogen functional groups attached to an aromatic ring is 1. The molecular weight excluding hydrogens is 558 g/mol. The molecule has 0 unspecified atom stereocenters. The lowest BCUT2D eigenvalue weighted by molar-refractivity contribution is -0.138. The molecule has 1 aromatic carbocycles. The number of nitrogens with zero attached hydrogens (tertiary/aromatic N) is 6. The van der Waals surface area contributed by atoms with E-state index in [9.17, 15) is 31.1 Å². The van der Waals surface area contributed by atoms with Crippen LogP contribution in [-0.2, 0) is 18.9 Å². The van der Waals surface area contributed by atoms with E-state index in [1.54, 1.807) is 4.57 Å². The first-order chi connectivity index (χ1) is 19.3. The van der Waals surface area contributed by atoms with E-state index < -0.39 is 34.9 Å². The Kier molecular flexibility index (Phi) is 6.76. The molecule has 41 heavy (non-hydrogen) atoms. The molecule has 0 fully saturated rings. The molecule has 0 spiro atoms. The van der Waals surface area contributed by atoms with Crippen LogP contribution in [-0.4, -0.2) is 42.2 Å². The summed E-state index contributed by atoms with van der Waals surface area (Å²) < 4.78 is 87.2. The number of nitrogens with one attached hydrogen (secondary N) is 1.